The third-order valence-electron chi connectivity index (χ3n) is 7.15. The zero-order valence-corrected chi connectivity index (χ0v) is 22.1. The second-order valence-corrected chi connectivity index (χ2v) is 10.6. The van der Waals surface area contributed by atoms with Gasteiger partial charge in [0, 0.05) is 24.3 Å². The molecule has 1 saturated carbocycles. The number of aromatic nitrogens is 1. The number of nitrogens with zero attached hydrogens (tertiary/aromatic N) is 2. The van der Waals surface area contributed by atoms with Gasteiger partial charge >= 0.3 is 0 Å². The van der Waals surface area contributed by atoms with E-state index in [-0.39, 0.29) is 33.2 Å². The predicted molar refractivity (Wildman–Crippen MR) is 145 cm³/mol. The Balaban J connectivity index is 1.57. The van der Waals surface area contributed by atoms with Gasteiger partial charge in [-0.25, -0.2) is 8.78 Å². The molecule has 3 N–H and O–H groups in total. The highest BCUT2D eigenvalue weighted by Gasteiger charge is 2.32. The molecule has 1 fully saturated rings. The quantitative estimate of drug-likeness (QED) is 0.292. The molecule has 2 aromatic carbocycles. The summed E-state index contributed by atoms with van der Waals surface area (Å²) in [6.45, 7) is 0.146. The number of carbonyl (C=O) groups excluding carboxylic acids is 2. The van der Waals surface area contributed by atoms with Crippen molar-refractivity contribution in [3.63, 3.8) is 0 Å². The number of aromatic hydroxyl groups is 1. The van der Waals surface area contributed by atoms with Crippen molar-refractivity contribution in [1.82, 2.24) is 9.88 Å². The summed E-state index contributed by atoms with van der Waals surface area (Å²) in [5.74, 6) is -2.62. The summed E-state index contributed by atoms with van der Waals surface area (Å²) in [5.41, 5.74) is 7.71. The first-order valence-electron chi connectivity index (χ1n) is 12.6. The van der Waals surface area contributed by atoms with Crippen LogP contribution in [0.1, 0.15) is 57.8 Å². The highest BCUT2D eigenvalue weighted by atomic mass is 32.1. The standard InChI is InChI=1S/C29H27F2N3O4S/c1-38-23-10-7-16(17-11-12-33-22(14-17)28(32)36)13-18(23)15-34(19-5-3-2-4-6-19)29(37)27-25(35)24-20(30)8-9-21(31)26(24)39-27/h7-14,19,35H,2-6,15H2,1H3,(H2,32,36). The van der Waals surface area contributed by atoms with Crippen LogP contribution >= 0.6 is 11.3 Å². The molecule has 39 heavy (non-hydrogen) atoms. The summed E-state index contributed by atoms with van der Waals surface area (Å²) in [5, 5.41) is 10.5. The van der Waals surface area contributed by atoms with E-state index in [1.54, 1.807) is 23.1 Å². The molecular formula is C29H27F2N3O4S. The highest BCUT2D eigenvalue weighted by Crippen LogP contribution is 2.42. The van der Waals surface area contributed by atoms with Gasteiger partial charge in [0.25, 0.3) is 11.8 Å². The van der Waals surface area contributed by atoms with Crippen LogP contribution in [0.3, 0.4) is 0 Å². The Morgan fingerprint density at radius 1 is 1.08 bits per heavy atom. The van der Waals surface area contributed by atoms with Crippen LogP contribution in [-0.2, 0) is 6.54 Å². The zero-order valence-electron chi connectivity index (χ0n) is 21.2. The Morgan fingerprint density at radius 3 is 2.49 bits per heavy atom. The van der Waals surface area contributed by atoms with Gasteiger partial charge in [0.2, 0.25) is 0 Å². The van der Waals surface area contributed by atoms with E-state index in [1.807, 2.05) is 12.1 Å². The van der Waals surface area contributed by atoms with E-state index < -0.39 is 29.2 Å². The van der Waals surface area contributed by atoms with Crippen molar-refractivity contribution >= 4 is 33.2 Å². The van der Waals surface area contributed by atoms with Crippen molar-refractivity contribution in [3.05, 3.63) is 76.4 Å². The minimum Gasteiger partial charge on any atom is -0.505 e. The number of methoxy groups -OCH3 is 1. The normalized spacial score (nSPS) is 13.9. The molecule has 202 valence electrons. The largest absolute Gasteiger partial charge is 0.505 e. The molecule has 5 rings (SSSR count). The number of rotatable bonds is 7. The summed E-state index contributed by atoms with van der Waals surface area (Å²) in [7, 11) is 1.53. The van der Waals surface area contributed by atoms with Crippen LogP contribution in [0.15, 0.2) is 48.7 Å². The number of pyridine rings is 1. The summed E-state index contributed by atoms with van der Waals surface area (Å²) < 4.78 is 34.5. The van der Waals surface area contributed by atoms with Crippen LogP contribution < -0.4 is 10.5 Å². The second kappa shape index (κ2) is 11.0. The maximum absolute atomic E-state index is 14.5. The minimum atomic E-state index is -0.787. The number of hydrogen-bond acceptors (Lipinski definition) is 6. The van der Waals surface area contributed by atoms with Gasteiger partial charge in [0.05, 0.1) is 17.2 Å². The SMILES string of the molecule is COc1ccc(-c2ccnc(C(N)=O)c2)cc1CN(C(=O)c1sc2c(F)ccc(F)c2c1O)C1CCCCC1. The summed E-state index contributed by atoms with van der Waals surface area (Å²) in [6.07, 6.45) is 6.00. The molecule has 1 aliphatic carbocycles. The van der Waals surface area contributed by atoms with Crippen LogP contribution in [0, 0.1) is 11.6 Å². The predicted octanol–water partition coefficient (Wildman–Crippen LogP) is 6.03. The number of ether oxygens (including phenoxy) is 1. The molecule has 7 nitrogen and oxygen atoms in total. The number of hydrogen-bond donors (Lipinski definition) is 2. The third-order valence-corrected chi connectivity index (χ3v) is 8.33. The van der Waals surface area contributed by atoms with Crippen molar-refractivity contribution in [1.29, 1.82) is 0 Å². The van der Waals surface area contributed by atoms with E-state index in [0.717, 1.165) is 61.1 Å². The Bertz CT molecular complexity index is 1570. The lowest BCUT2D eigenvalue weighted by molar-refractivity contribution is 0.0615. The van der Waals surface area contributed by atoms with Crippen LogP contribution in [0.5, 0.6) is 11.5 Å². The minimum absolute atomic E-state index is 0.0954. The van der Waals surface area contributed by atoms with E-state index in [2.05, 4.69) is 4.98 Å². The number of halogens is 2. The molecule has 0 spiro atoms. The van der Waals surface area contributed by atoms with E-state index >= 15 is 0 Å². The fraction of sp³-hybridized carbons (Fsp3) is 0.276. The van der Waals surface area contributed by atoms with Gasteiger partial charge in [0.15, 0.2) is 0 Å². The van der Waals surface area contributed by atoms with Gasteiger partial charge in [0.1, 0.15) is 33.7 Å². The monoisotopic (exact) mass is 551 g/mol. The molecule has 1 aliphatic rings. The van der Waals surface area contributed by atoms with Crippen LogP contribution in [0.2, 0.25) is 0 Å². The highest BCUT2D eigenvalue weighted by molar-refractivity contribution is 7.21. The van der Waals surface area contributed by atoms with Gasteiger partial charge in [-0.05, 0) is 60.4 Å². The van der Waals surface area contributed by atoms with Gasteiger partial charge in [-0.15, -0.1) is 11.3 Å². The van der Waals surface area contributed by atoms with E-state index in [4.69, 9.17) is 10.5 Å². The fourth-order valence-electron chi connectivity index (χ4n) is 5.16. The maximum Gasteiger partial charge on any atom is 0.268 e. The maximum atomic E-state index is 14.5. The lowest BCUT2D eigenvalue weighted by Crippen LogP contribution is -2.40. The Kier molecular flexibility index (Phi) is 7.47. The topological polar surface area (TPSA) is 106 Å². The van der Waals surface area contributed by atoms with Gasteiger partial charge in [-0.1, -0.05) is 25.3 Å². The van der Waals surface area contributed by atoms with Crippen LogP contribution in [-0.4, -0.2) is 40.0 Å². The van der Waals surface area contributed by atoms with Crippen molar-refractivity contribution < 1.29 is 28.2 Å². The average molecular weight is 552 g/mol. The van der Waals surface area contributed by atoms with Gasteiger partial charge in [-0.2, -0.15) is 0 Å². The Morgan fingerprint density at radius 2 is 1.79 bits per heavy atom. The van der Waals surface area contributed by atoms with Crippen molar-refractivity contribution in [2.75, 3.05) is 7.11 Å². The van der Waals surface area contributed by atoms with Crippen LogP contribution in [0.25, 0.3) is 21.2 Å². The number of fused-ring (bicyclic) bond motifs is 1. The summed E-state index contributed by atoms with van der Waals surface area (Å²) >= 11 is 0.752. The van der Waals surface area contributed by atoms with Crippen molar-refractivity contribution in [2.45, 2.75) is 44.7 Å². The van der Waals surface area contributed by atoms with Gasteiger partial charge in [-0.3, -0.25) is 14.6 Å². The molecule has 2 aromatic heterocycles. The fourth-order valence-corrected chi connectivity index (χ4v) is 6.23. The van der Waals surface area contributed by atoms with E-state index in [0.29, 0.717) is 16.9 Å². The Hall–Kier alpha value is -4.05. The molecule has 0 unspecified atom stereocenters. The molecule has 0 atom stereocenters. The van der Waals surface area contributed by atoms with E-state index in [9.17, 15) is 23.5 Å². The number of thiophene rings is 1. The molecule has 0 saturated heterocycles. The number of benzene rings is 2. The second-order valence-electron chi connectivity index (χ2n) is 9.56. The molecule has 0 radical (unpaired) electrons. The van der Waals surface area contributed by atoms with Crippen molar-refractivity contribution in [2.24, 2.45) is 5.73 Å². The summed E-state index contributed by atoms with van der Waals surface area (Å²) in [6, 6.07) is 10.6. The molecule has 0 bridgehead atoms. The lowest BCUT2D eigenvalue weighted by atomic mass is 9.93. The average Bonchev–Trinajstić information content (AvgIpc) is 3.32. The van der Waals surface area contributed by atoms with E-state index in [1.165, 1.54) is 13.3 Å². The Labute approximate surface area is 227 Å². The van der Waals surface area contributed by atoms with Gasteiger partial charge < -0.3 is 20.5 Å². The number of amides is 2. The molecule has 4 aromatic rings. The van der Waals surface area contributed by atoms with Crippen molar-refractivity contribution in [3.8, 4) is 22.6 Å². The first-order chi connectivity index (χ1) is 18.8. The lowest BCUT2D eigenvalue weighted by Gasteiger charge is -2.34. The number of primary amides is 1. The summed E-state index contributed by atoms with van der Waals surface area (Å²) in [4.78, 5) is 31.2. The molecule has 10 heteroatoms. The number of nitrogens with two attached hydrogens (primary N) is 1. The van der Waals surface area contributed by atoms with Crippen LogP contribution in [0.4, 0.5) is 8.78 Å². The molecule has 2 amide bonds. The smallest absolute Gasteiger partial charge is 0.268 e. The number of carbonyl (C=O) groups is 2. The molecule has 2 heterocycles. The first-order valence-corrected chi connectivity index (χ1v) is 13.4. The molecular weight excluding hydrogens is 524 g/mol. The third kappa shape index (κ3) is 5.16. The first kappa shape index (κ1) is 26.6. The molecule has 0 aliphatic heterocycles. The zero-order chi connectivity index (χ0) is 27.7.